The van der Waals surface area contributed by atoms with Crippen LogP contribution in [0.15, 0.2) is 76.3 Å². The lowest BCUT2D eigenvalue weighted by Crippen LogP contribution is -2.22. The Balaban J connectivity index is 1.31. The summed E-state index contributed by atoms with van der Waals surface area (Å²) in [6.07, 6.45) is 0. The Hall–Kier alpha value is -3.14. The molecule has 0 saturated heterocycles. The van der Waals surface area contributed by atoms with Gasteiger partial charge in [-0.15, -0.1) is 34.4 Å². The van der Waals surface area contributed by atoms with E-state index in [-0.39, 0.29) is 17.1 Å². The molecule has 4 aromatic rings. The van der Waals surface area contributed by atoms with Gasteiger partial charge >= 0.3 is 0 Å². The maximum Gasteiger partial charge on any atom is 0.265 e. The molecule has 0 aliphatic rings. The van der Waals surface area contributed by atoms with Crippen molar-refractivity contribution in [2.75, 3.05) is 17.7 Å². The average Bonchev–Trinajstić information content (AvgIpc) is 3.53. The number of hydrogen-bond acceptors (Lipinski definition) is 7. The second kappa shape index (κ2) is 10.7. The number of thiophene rings is 1. The van der Waals surface area contributed by atoms with Gasteiger partial charge in [-0.3, -0.25) is 9.59 Å². The minimum atomic E-state index is -0.315. The van der Waals surface area contributed by atoms with Gasteiger partial charge in [-0.05, 0) is 66.9 Å². The SMILES string of the molecule is COc1ccc(-c2csc(NC(=O)C(C)Sc3ccc(NC(=O)c4cccs4)cc3)n2)cc1. The van der Waals surface area contributed by atoms with Gasteiger partial charge < -0.3 is 15.4 Å². The Bertz CT molecular complexity index is 1220. The lowest BCUT2D eigenvalue weighted by molar-refractivity contribution is -0.115. The Morgan fingerprint density at radius 3 is 2.42 bits per heavy atom. The van der Waals surface area contributed by atoms with E-state index in [9.17, 15) is 9.59 Å². The van der Waals surface area contributed by atoms with Crippen LogP contribution in [0.5, 0.6) is 5.75 Å². The van der Waals surface area contributed by atoms with Crippen molar-refractivity contribution < 1.29 is 14.3 Å². The van der Waals surface area contributed by atoms with Crippen molar-refractivity contribution in [2.45, 2.75) is 17.1 Å². The highest BCUT2D eigenvalue weighted by atomic mass is 32.2. The van der Waals surface area contributed by atoms with E-state index in [4.69, 9.17) is 4.74 Å². The molecule has 1 atom stereocenters. The highest BCUT2D eigenvalue weighted by Gasteiger charge is 2.17. The van der Waals surface area contributed by atoms with Gasteiger partial charge in [0.1, 0.15) is 5.75 Å². The minimum absolute atomic E-state index is 0.120. The standard InChI is InChI=1S/C24H21N3O3S3/c1-15(33-19-11-7-17(8-12-19)25-23(29)21-4-3-13-31-21)22(28)27-24-26-20(14-32-24)16-5-9-18(30-2)10-6-16/h3-15H,1-2H3,(H,25,29)(H,26,27,28). The van der Waals surface area contributed by atoms with Gasteiger partial charge in [0.2, 0.25) is 5.91 Å². The van der Waals surface area contributed by atoms with Crippen LogP contribution in [-0.2, 0) is 4.79 Å². The number of anilines is 2. The van der Waals surface area contributed by atoms with Gasteiger partial charge in [-0.2, -0.15) is 0 Å². The molecular formula is C24H21N3O3S3. The summed E-state index contributed by atoms with van der Waals surface area (Å²) in [6, 6.07) is 18.7. The van der Waals surface area contributed by atoms with E-state index in [2.05, 4.69) is 15.6 Å². The van der Waals surface area contributed by atoms with Crippen LogP contribution >= 0.6 is 34.4 Å². The summed E-state index contributed by atoms with van der Waals surface area (Å²) in [6.45, 7) is 1.85. The first-order valence-electron chi connectivity index (χ1n) is 10.0. The summed E-state index contributed by atoms with van der Waals surface area (Å²) in [5.74, 6) is 0.535. The zero-order chi connectivity index (χ0) is 23.2. The molecule has 2 heterocycles. The fourth-order valence-corrected chi connectivity index (χ4v) is 5.12. The van der Waals surface area contributed by atoms with E-state index in [0.29, 0.717) is 15.7 Å². The maximum atomic E-state index is 12.7. The number of thioether (sulfide) groups is 1. The molecule has 4 rings (SSSR count). The molecule has 2 amide bonds. The van der Waals surface area contributed by atoms with E-state index in [0.717, 1.165) is 21.9 Å². The van der Waals surface area contributed by atoms with Crippen LogP contribution in [0, 0.1) is 0 Å². The molecule has 0 saturated carbocycles. The van der Waals surface area contributed by atoms with Gasteiger partial charge in [0, 0.05) is 21.5 Å². The topological polar surface area (TPSA) is 80.3 Å². The fraction of sp³-hybridized carbons (Fsp3) is 0.125. The van der Waals surface area contributed by atoms with Crippen LogP contribution in [-0.4, -0.2) is 29.2 Å². The van der Waals surface area contributed by atoms with Crippen molar-refractivity contribution in [3.63, 3.8) is 0 Å². The Labute approximate surface area is 204 Å². The molecule has 0 aliphatic heterocycles. The first kappa shape index (κ1) is 23.0. The quantitative estimate of drug-likeness (QED) is 0.282. The normalized spacial score (nSPS) is 11.6. The molecule has 2 aromatic carbocycles. The minimum Gasteiger partial charge on any atom is -0.497 e. The predicted molar refractivity (Wildman–Crippen MR) is 137 cm³/mol. The highest BCUT2D eigenvalue weighted by molar-refractivity contribution is 8.00. The number of nitrogens with one attached hydrogen (secondary N) is 2. The number of ether oxygens (including phenoxy) is 1. The number of nitrogens with zero attached hydrogens (tertiary/aromatic N) is 1. The summed E-state index contributed by atoms with van der Waals surface area (Å²) >= 11 is 4.23. The molecule has 1 unspecified atom stereocenters. The van der Waals surface area contributed by atoms with Crippen molar-refractivity contribution in [1.82, 2.24) is 4.98 Å². The summed E-state index contributed by atoms with van der Waals surface area (Å²) in [7, 11) is 1.63. The Morgan fingerprint density at radius 1 is 1.00 bits per heavy atom. The highest BCUT2D eigenvalue weighted by Crippen LogP contribution is 2.29. The average molecular weight is 496 g/mol. The summed E-state index contributed by atoms with van der Waals surface area (Å²) in [5, 5.41) is 9.79. The number of aromatic nitrogens is 1. The Kier molecular flexibility index (Phi) is 7.43. The van der Waals surface area contributed by atoms with Crippen LogP contribution in [0.4, 0.5) is 10.8 Å². The summed E-state index contributed by atoms with van der Waals surface area (Å²) < 4.78 is 5.18. The molecule has 0 bridgehead atoms. The van der Waals surface area contributed by atoms with Crippen molar-refractivity contribution >= 4 is 57.1 Å². The van der Waals surface area contributed by atoms with Gasteiger partial charge in [0.25, 0.3) is 5.91 Å². The van der Waals surface area contributed by atoms with Gasteiger partial charge in [0.15, 0.2) is 5.13 Å². The number of hydrogen-bond donors (Lipinski definition) is 2. The van der Waals surface area contributed by atoms with Crippen molar-refractivity contribution in [1.29, 1.82) is 0 Å². The van der Waals surface area contributed by atoms with Gasteiger partial charge in [0.05, 0.1) is 22.9 Å². The first-order valence-corrected chi connectivity index (χ1v) is 12.7. The number of benzene rings is 2. The van der Waals surface area contributed by atoms with E-state index in [1.807, 2.05) is 72.3 Å². The molecule has 0 radical (unpaired) electrons. The second-order valence-electron chi connectivity index (χ2n) is 6.97. The fourth-order valence-electron chi connectivity index (χ4n) is 2.91. The lowest BCUT2D eigenvalue weighted by Gasteiger charge is -2.11. The summed E-state index contributed by atoms with van der Waals surface area (Å²) in [5.41, 5.74) is 2.48. The predicted octanol–water partition coefficient (Wildman–Crippen LogP) is 6.25. The number of thiazole rings is 1. The molecule has 6 nitrogen and oxygen atoms in total. The smallest absolute Gasteiger partial charge is 0.265 e. The number of methoxy groups -OCH3 is 1. The van der Waals surface area contributed by atoms with Gasteiger partial charge in [-0.25, -0.2) is 4.98 Å². The zero-order valence-corrected chi connectivity index (χ0v) is 20.4. The Morgan fingerprint density at radius 2 is 1.76 bits per heavy atom. The molecule has 0 fully saturated rings. The van der Waals surface area contributed by atoms with E-state index in [1.165, 1.54) is 34.4 Å². The van der Waals surface area contributed by atoms with Crippen LogP contribution in [0.3, 0.4) is 0 Å². The number of carbonyl (C=O) groups is 2. The molecule has 0 aliphatic carbocycles. The van der Waals surface area contributed by atoms with E-state index < -0.39 is 0 Å². The van der Waals surface area contributed by atoms with Crippen molar-refractivity contribution in [2.24, 2.45) is 0 Å². The molecule has 9 heteroatoms. The number of amides is 2. The molecule has 2 aromatic heterocycles. The van der Waals surface area contributed by atoms with Gasteiger partial charge in [-0.1, -0.05) is 6.07 Å². The van der Waals surface area contributed by atoms with Crippen LogP contribution in [0.2, 0.25) is 0 Å². The van der Waals surface area contributed by atoms with Crippen LogP contribution < -0.4 is 15.4 Å². The largest absolute Gasteiger partial charge is 0.497 e. The molecule has 2 N–H and O–H groups in total. The third-order valence-corrected chi connectivity index (χ3v) is 7.40. The number of carbonyl (C=O) groups excluding carboxylic acids is 2. The molecule has 0 spiro atoms. The van der Waals surface area contributed by atoms with Crippen LogP contribution in [0.1, 0.15) is 16.6 Å². The van der Waals surface area contributed by atoms with Crippen molar-refractivity contribution in [3.05, 3.63) is 76.3 Å². The monoisotopic (exact) mass is 495 g/mol. The maximum absolute atomic E-state index is 12.7. The lowest BCUT2D eigenvalue weighted by atomic mass is 10.2. The second-order valence-corrected chi connectivity index (χ2v) is 10.2. The van der Waals surface area contributed by atoms with E-state index >= 15 is 0 Å². The molecular weight excluding hydrogens is 474 g/mol. The number of rotatable bonds is 8. The third kappa shape index (κ3) is 6.01. The zero-order valence-electron chi connectivity index (χ0n) is 17.9. The van der Waals surface area contributed by atoms with Crippen molar-refractivity contribution in [3.8, 4) is 17.0 Å². The van der Waals surface area contributed by atoms with E-state index in [1.54, 1.807) is 13.2 Å². The first-order chi connectivity index (χ1) is 16.0. The third-order valence-electron chi connectivity index (χ3n) is 4.66. The molecule has 168 valence electrons. The van der Waals surface area contributed by atoms with Crippen LogP contribution in [0.25, 0.3) is 11.3 Å². The summed E-state index contributed by atoms with van der Waals surface area (Å²) in [4.78, 5) is 30.9. The molecule has 33 heavy (non-hydrogen) atoms.